The van der Waals surface area contributed by atoms with Crippen molar-refractivity contribution in [1.29, 1.82) is 0 Å². The zero-order chi connectivity index (χ0) is 42.8. The predicted octanol–water partition coefficient (Wildman–Crippen LogP) is 9.68. The number of nitrogens with zero attached hydrogens (tertiary/aromatic N) is 2. The van der Waals surface area contributed by atoms with Crippen molar-refractivity contribution < 1.29 is 36.6 Å². The van der Waals surface area contributed by atoms with Gasteiger partial charge in [0.15, 0.2) is 0 Å². The minimum absolute atomic E-state index is 0.0549. The lowest BCUT2D eigenvalue weighted by Gasteiger charge is -2.39. The molecule has 1 unspecified atom stereocenters. The maximum Gasteiger partial charge on any atom is 0.271 e. The summed E-state index contributed by atoms with van der Waals surface area (Å²) in [5.41, 5.74) is 3.75. The van der Waals surface area contributed by atoms with Gasteiger partial charge in [0.05, 0.1) is 24.0 Å². The number of benzene rings is 2. The SMILES string of the molecule is CC(C)(C)C(NC(=O)[C@@]1(C)CCC(F)(F)CO1)C1=NC=C(c2ccc([C@H]3C[C@@H]3c3ccc(-c4cnc([C@@H](NC(=O)[C@@]5(C)CCC(F)(F)CO5)C(C)(C)C)[nH]4)cc3)cc2)C1. The molecule has 2 aromatic carbocycles. The van der Waals surface area contributed by atoms with Gasteiger partial charge in [-0.3, -0.25) is 14.6 Å². The summed E-state index contributed by atoms with van der Waals surface area (Å²) in [4.78, 5) is 39.5. The fraction of sp³-hybridized carbons (Fsp3) is 0.565. The van der Waals surface area contributed by atoms with Crippen molar-refractivity contribution in [2.24, 2.45) is 15.8 Å². The van der Waals surface area contributed by atoms with E-state index < -0.39 is 72.0 Å². The Labute approximate surface area is 344 Å². The number of imidazole rings is 1. The number of hydrogen-bond donors (Lipinski definition) is 3. The molecule has 0 radical (unpaired) electrons. The van der Waals surface area contributed by atoms with Gasteiger partial charge in [-0.15, -0.1) is 0 Å². The van der Waals surface area contributed by atoms with Crippen molar-refractivity contribution in [3.05, 3.63) is 83.4 Å². The highest BCUT2D eigenvalue weighted by Gasteiger charge is 2.49. The Balaban J connectivity index is 0.945. The van der Waals surface area contributed by atoms with Gasteiger partial charge in [-0.25, -0.2) is 22.5 Å². The highest BCUT2D eigenvalue weighted by atomic mass is 19.3. The third-order valence-corrected chi connectivity index (χ3v) is 12.5. The average Bonchev–Trinajstić information content (AvgIpc) is 3.56. The number of ether oxygens (including phenoxy) is 2. The second kappa shape index (κ2) is 15.3. The first-order valence-corrected chi connectivity index (χ1v) is 20.6. The van der Waals surface area contributed by atoms with Crippen LogP contribution in [0.3, 0.4) is 0 Å². The van der Waals surface area contributed by atoms with Crippen LogP contribution in [0.1, 0.15) is 134 Å². The summed E-state index contributed by atoms with van der Waals surface area (Å²) in [6, 6.07) is 16.2. The van der Waals surface area contributed by atoms with Crippen molar-refractivity contribution in [1.82, 2.24) is 20.6 Å². The van der Waals surface area contributed by atoms with E-state index in [1.807, 2.05) is 47.7 Å². The van der Waals surface area contributed by atoms with Crippen LogP contribution < -0.4 is 10.6 Å². The van der Waals surface area contributed by atoms with Gasteiger partial charge in [0.1, 0.15) is 30.2 Å². The number of alkyl halides is 4. The summed E-state index contributed by atoms with van der Waals surface area (Å²) in [5.74, 6) is -5.31. The molecule has 3 aromatic rings. The van der Waals surface area contributed by atoms with Gasteiger partial charge in [-0.2, -0.15) is 0 Å². The number of aromatic nitrogens is 2. The van der Waals surface area contributed by atoms with Gasteiger partial charge < -0.3 is 25.1 Å². The molecule has 7 rings (SSSR count). The third kappa shape index (κ3) is 9.36. The molecule has 4 heterocycles. The molecule has 2 saturated heterocycles. The average molecular weight is 820 g/mol. The summed E-state index contributed by atoms with van der Waals surface area (Å²) in [5, 5.41) is 6.12. The summed E-state index contributed by atoms with van der Waals surface area (Å²) >= 11 is 0. The molecule has 9 nitrogen and oxygen atoms in total. The highest BCUT2D eigenvalue weighted by Crippen LogP contribution is 2.55. The van der Waals surface area contributed by atoms with Crippen LogP contribution in [-0.4, -0.2) is 69.8 Å². The lowest BCUT2D eigenvalue weighted by atomic mass is 9.81. The fourth-order valence-electron chi connectivity index (χ4n) is 8.30. The topological polar surface area (TPSA) is 118 Å². The number of hydrogen-bond acceptors (Lipinski definition) is 6. The minimum Gasteiger partial charge on any atom is -0.359 e. The van der Waals surface area contributed by atoms with Crippen molar-refractivity contribution in [2.45, 2.75) is 141 Å². The first-order valence-electron chi connectivity index (χ1n) is 20.6. The van der Waals surface area contributed by atoms with Gasteiger partial charge >= 0.3 is 0 Å². The number of aromatic amines is 1. The molecule has 318 valence electrons. The zero-order valence-electron chi connectivity index (χ0n) is 35.3. The van der Waals surface area contributed by atoms with E-state index in [9.17, 15) is 27.2 Å². The van der Waals surface area contributed by atoms with Crippen LogP contribution >= 0.6 is 0 Å². The Morgan fingerprint density at radius 3 is 1.66 bits per heavy atom. The zero-order valence-corrected chi connectivity index (χ0v) is 35.3. The summed E-state index contributed by atoms with van der Waals surface area (Å²) in [7, 11) is 0. The number of allylic oxidation sites excluding steroid dienone is 1. The highest BCUT2D eigenvalue weighted by molar-refractivity contribution is 6.04. The van der Waals surface area contributed by atoms with Crippen LogP contribution in [-0.2, 0) is 19.1 Å². The molecule has 0 spiro atoms. The second-order valence-corrected chi connectivity index (χ2v) is 19.6. The van der Waals surface area contributed by atoms with Gasteiger partial charge in [0, 0.05) is 31.2 Å². The molecule has 3 N–H and O–H groups in total. The quantitative estimate of drug-likeness (QED) is 0.176. The van der Waals surface area contributed by atoms with E-state index in [2.05, 4.69) is 69.1 Å². The molecule has 0 bridgehead atoms. The molecule has 13 heteroatoms. The third-order valence-electron chi connectivity index (χ3n) is 12.5. The van der Waals surface area contributed by atoms with Crippen LogP contribution in [0.4, 0.5) is 17.6 Å². The smallest absolute Gasteiger partial charge is 0.271 e. The Morgan fingerprint density at radius 2 is 1.20 bits per heavy atom. The number of carbonyl (C=O) groups excluding carboxylic acids is 2. The molecular weight excluding hydrogens is 763 g/mol. The fourth-order valence-corrected chi connectivity index (χ4v) is 8.30. The van der Waals surface area contributed by atoms with Crippen molar-refractivity contribution in [2.75, 3.05) is 13.2 Å². The maximum absolute atomic E-state index is 13.8. The number of carbonyl (C=O) groups is 2. The van der Waals surface area contributed by atoms with E-state index in [0.29, 0.717) is 24.1 Å². The molecule has 59 heavy (non-hydrogen) atoms. The van der Waals surface area contributed by atoms with Crippen LogP contribution in [0, 0.1) is 10.8 Å². The number of nitrogens with one attached hydrogen (secondary N) is 3. The van der Waals surface area contributed by atoms with Crippen molar-refractivity contribution >= 4 is 23.1 Å². The Hall–Kier alpha value is -4.36. The molecule has 1 saturated carbocycles. The maximum atomic E-state index is 13.8. The molecule has 3 aliphatic heterocycles. The van der Waals surface area contributed by atoms with Crippen LogP contribution in [0.15, 0.2) is 65.9 Å². The van der Waals surface area contributed by atoms with Crippen molar-refractivity contribution in [3.8, 4) is 11.3 Å². The van der Waals surface area contributed by atoms with E-state index in [1.54, 1.807) is 20.0 Å². The lowest BCUT2D eigenvalue weighted by Crippen LogP contribution is -2.58. The number of rotatable bonds is 10. The van der Waals surface area contributed by atoms with Gasteiger partial charge in [-0.05, 0) is 83.6 Å². The second-order valence-electron chi connectivity index (χ2n) is 19.6. The summed E-state index contributed by atoms with van der Waals surface area (Å²) in [6.07, 6.45) is 4.30. The van der Waals surface area contributed by atoms with Crippen LogP contribution in [0.25, 0.3) is 16.8 Å². The predicted molar refractivity (Wildman–Crippen MR) is 219 cm³/mol. The molecule has 1 aliphatic carbocycles. The van der Waals surface area contributed by atoms with Gasteiger partial charge in [0.2, 0.25) is 0 Å². The number of aliphatic imine (C=N–C) groups is 1. The van der Waals surface area contributed by atoms with Crippen LogP contribution in [0.5, 0.6) is 0 Å². The van der Waals surface area contributed by atoms with Gasteiger partial charge in [0.25, 0.3) is 23.7 Å². The van der Waals surface area contributed by atoms with E-state index in [0.717, 1.165) is 34.5 Å². The van der Waals surface area contributed by atoms with E-state index >= 15 is 0 Å². The molecule has 4 aliphatic rings. The first-order chi connectivity index (χ1) is 27.5. The Morgan fingerprint density at radius 1 is 0.729 bits per heavy atom. The summed E-state index contributed by atoms with van der Waals surface area (Å²) < 4.78 is 65.9. The first kappa shape index (κ1) is 42.8. The monoisotopic (exact) mass is 819 g/mol. The normalized spacial score (nSPS) is 27.6. The largest absolute Gasteiger partial charge is 0.359 e. The number of amides is 2. The molecule has 2 amide bonds. The summed E-state index contributed by atoms with van der Waals surface area (Å²) in [6.45, 7) is 13.6. The number of halogens is 4. The standard InChI is InChI=1S/C46H57F4N5O4/c1-41(2,3)36(54-39(56)43(7)17-19-45(47,48)25-58-43)34-21-31(23-51-34)27-9-11-28(12-10-27)32-22-33(32)29-13-15-30(16-14-29)35-24-52-38(53-35)37(42(4,5)6)55-40(57)44(8)18-20-46(49,50)26-59-44/h9-16,23-24,32-33,36-37H,17-22,25-26H2,1-8H3,(H,52,53)(H,54,56)(H,55,57)/t32-,33-,36?,37-,43-,44-/m1/s1. The molecular formula is C46H57F4N5O4. The number of H-pyrrole nitrogens is 1. The Bertz CT molecular complexity index is 2090. The molecule has 3 fully saturated rings. The van der Waals surface area contributed by atoms with Crippen molar-refractivity contribution in [3.63, 3.8) is 0 Å². The van der Waals surface area contributed by atoms with E-state index in [1.165, 1.54) is 11.1 Å². The molecule has 6 atom stereocenters. The van der Waals surface area contributed by atoms with E-state index in [4.69, 9.17) is 14.5 Å². The van der Waals surface area contributed by atoms with Crippen LogP contribution in [0.2, 0.25) is 0 Å². The minimum atomic E-state index is -2.93. The van der Waals surface area contributed by atoms with Gasteiger partial charge in [-0.1, -0.05) is 90.1 Å². The Kier molecular flexibility index (Phi) is 11.1. The molecule has 1 aromatic heterocycles. The van der Waals surface area contributed by atoms with E-state index in [-0.39, 0.29) is 24.7 Å². The lowest BCUT2D eigenvalue weighted by molar-refractivity contribution is -0.190.